The van der Waals surface area contributed by atoms with E-state index >= 15 is 0 Å². The van der Waals surface area contributed by atoms with E-state index in [1.807, 2.05) is 0 Å². The summed E-state index contributed by atoms with van der Waals surface area (Å²) in [5.74, 6) is 1.59. The molecular weight excluding hydrogens is 238 g/mol. The van der Waals surface area contributed by atoms with Crippen LogP contribution in [0.2, 0.25) is 0 Å². The van der Waals surface area contributed by atoms with E-state index in [9.17, 15) is 4.79 Å². The number of nitrogens with one attached hydrogen (secondary N) is 1. The average molecular weight is 267 g/mol. The SMILES string of the molecule is CCN1CCC(CNC(=O)C2CCC(C)C(N)C2)C1. The van der Waals surface area contributed by atoms with Gasteiger partial charge in [-0.3, -0.25) is 4.79 Å². The molecule has 0 aromatic rings. The van der Waals surface area contributed by atoms with Crippen LogP contribution in [-0.2, 0) is 4.79 Å². The summed E-state index contributed by atoms with van der Waals surface area (Å²) in [5.41, 5.74) is 6.07. The fraction of sp³-hybridized carbons (Fsp3) is 0.933. The van der Waals surface area contributed by atoms with Crippen LogP contribution >= 0.6 is 0 Å². The normalized spacial score (nSPS) is 36.4. The van der Waals surface area contributed by atoms with Crippen molar-refractivity contribution in [3.05, 3.63) is 0 Å². The van der Waals surface area contributed by atoms with Gasteiger partial charge >= 0.3 is 0 Å². The van der Waals surface area contributed by atoms with Crippen molar-refractivity contribution in [3.63, 3.8) is 0 Å². The maximum absolute atomic E-state index is 12.2. The molecule has 2 aliphatic rings. The Labute approximate surface area is 117 Å². The van der Waals surface area contributed by atoms with Crippen LogP contribution in [0.4, 0.5) is 0 Å². The van der Waals surface area contributed by atoms with Gasteiger partial charge in [0.05, 0.1) is 0 Å². The van der Waals surface area contributed by atoms with Gasteiger partial charge in [0, 0.05) is 25.0 Å². The predicted octanol–water partition coefficient (Wildman–Crippen LogP) is 1.21. The molecule has 4 nitrogen and oxygen atoms in total. The molecule has 4 atom stereocenters. The lowest BCUT2D eigenvalue weighted by Gasteiger charge is -2.31. The first-order chi connectivity index (χ1) is 9.10. The van der Waals surface area contributed by atoms with Crippen molar-refractivity contribution < 1.29 is 4.79 Å². The van der Waals surface area contributed by atoms with Crippen molar-refractivity contribution in [2.24, 2.45) is 23.5 Å². The minimum absolute atomic E-state index is 0.148. The van der Waals surface area contributed by atoms with Crippen molar-refractivity contribution in [1.82, 2.24) is 10.2 Å². The molecule has 0 radical (unpaired) electrons. The molecule has 4 unspecified atom stereocenters. The van der Waals surface area contributed by atoms with E-state index in [1.165, 1.54) is 13.0 Å². The van der Waals surface area contributed by atoms with Crippen LogP contribution in [-0.4, -0.2) is 43.0 Å². The standard InChI is InChI=1S/C15H29N3O/c1-3-18-7-6-12(10-18)9-17-15(19)13-5-4-11(2)14(16)8-13/h11-14H,3-10,16H2,1-2H3,(H,17,19). The lowest BCUT2D eigenvalue weighted by molar-refractivity contribution is -0.126. The Balaban J connectivity index is 1.70. The highest BCUT2D eigenvalue weighted by Crippen LogP contribution is 2.27. The molecule has 2 fully saturated rings. The zero-order valence-corrected chi connectivity index (χ0v) is 12.4. The molecule has 2 rings (SSSR count). The summed E-state index contributed by atoms with van der Waals surface area (Å²) >= 11 is 0. The Morgan fingerprint density at radius 2 is 2.16 bits per heavy atom. The molecule has 0 bridgehead atoms. The molecule has 1 saturated carbocycles. The number of rotatable bonds is 4. The molecule has 1 heterocycles. The van der Waals surface area contributed by atoms with Gasteiger partial charge in [0.1, 0.15) is 0 Å². The van der Waals surface area contributed by atoms with Crippen LogP contribution in [0.25, 0.3) is 0 Å². The van der Waals surface area contributed by atoms with E-state index in [2.05, 4.69) is 24.1 Å². The van der Waals surface area contributed by atoms with Crippen LogP contribution in [0.3, 0.4) is 0 Å². The zero-order valence-electron chi connectivity index (χ0n) is 12.4. The van der Waals surface area contributed by atoms with E-state index in [0.29, 0.717) is 11.8 Å². The van der Waals surface area contributed by atoms with E-state index < -0.39 is 0 Å². The van der Waals surface area contributed by atoms with E-state index in [-0.39, 0.29) is 17.9 Å². The molecule has 1 aliphatic heterocycles. The lowest BCUT2D eigenvalue weighted by atomic mass is 9.79. The molecule has 3 N–H and O–H groups in total. The number of hydrogen-bond acceptors (Lipinski definition) is 3. The fourth-order valence-corrected chi connectivity index (χ4v) is 3.35. The first-order valence-corrected chi connectivity index (χ1v) is 7.85. The molecule has 0 spiro atoms. The summed E-state index contributed by atoms with van der Waals surface area (Å²) in [5, 5.41) is 3.15. The summed E-state index contributed by atoms with van der Waals surface area (Å²) in [6, 6.07) is 0.201. The second kappa shape index (κ2) is 6.71. The lowest BCUT2D eigenvalue weighted by Crippen LogP contribution is -2.42. The van der Waals surface area contributed by atoms with Crippen LogP contribution < -0.4 is 11.1 Å². The van der Waals surface area contributed by atoms with Crippen LogP contribution in [0.15, 0.2) is 0 Å². The van der Waals surface area contributed by atoms with E-state index in [0.717, 1.165) is 38.9 Å². The van der Waals surface area contributed by atoms with Gasteiger partial charge in [-0.25, -0.2) is 0 Å². The summed E-state index contributed by atoms with van der Waals surface area (Å²) < 4.78 is 0. The van der Waals surface area contributed by atoms with Gasteiger partial charge < -0.3 is 16.0 Å². The van der Waals surface area contributed by atoms with Crippen LogP contribution in [0.5, 0.6) is 0 Å². The fourth-order valence-electron chi connectivity index (χ4n) is 3.35. The molecule has 0 aromatic carbocycles. The van der Waals surface area contributed by atoms with Crippen LogP contribution in [0.1, 0.15) is 39.5 Å². The van der Waals surface area contributed by atoms with Gasteiger partial charge in [-0.2, -0.15) is 0 Å². The van der Waals surface area contributed by atoms with Gasteiger partial charge in [0.2, 0.25) is 5.91 Å². The Bertz CT molecular complexity index is 308. The Morgan fingerprint density at radius 1 is 1.37 bits per heavy atom. The third-order valence-electron chi connectivity index (χ3n) is 5.01. The third kappa shape index (κ3) is 3.93. The van der Waals surface area contributed by atoms with Gasteiger partial charge in [-0.1, -0.05) is 13.8 Å². The second-order valence-electron chi connectivity index (χ2n) is 6.44. The Hall–Kier alpha value is -0.610. The van der Waals surface area contributed by atoms with Gasteiger partial charge in [-0.05, 0) is 50.6 Å². The second-order valence-corrected chi connectivity index (χ2v) is 6.44. The van der Waals surface area contributed by atoms with Crippen molar-refractivity contribution in [2.75, 3.05) is 26.2 Å². The zero-order chi connectivity index (χ0) is 13.8. The first kappa shape index (κ1) is 14.8. The molecule has 110 valence electrons. The van der Waals surface area contributed by atoms with Crippen molar-refractivity contribution in [1.29, 1.82) is 0 Å². The molecule has 19 heavy (non-hydrogen) atoms. The summed E-state index contributed by atoms with van der Waals surface area (Å²) in [6.45, 7) is 8.68. The topological polar surface area (TPSA) is 58.4 Å². The quantitative estimate of drug-likeness (QED) is 0.805. The number of likely N-dealkylation sites (tertiary alicyclic amines) is 1. The molecule has 1 aliphatic carbocycles. The van der Waals surface area contributed by atoms with Gasteiger partial charge in [0.15, 0.2) is 0 Å². The number of carbonyl (C=O) groups is 1. The highest BCUT2D eigenvalue weighted by molar-refractivity contribution is 5.78. The number of hydrogen-bond donors (Lipinski definition) is 2. The molecule has 1 amide bonds. The Morgan fingerprint density at radius 3 is 2.79 bits per heavy atom. The van der Waals surface area contributed by atoms with Gasteiger partial charge in [-0.15, -0.1) is 0 Å². The summed E-state index contributed by atoms with van der Waals surface area (Å²) in [6.07, 6.45) is 4.17. The number of carbonyl (C=O) groups excluding carboxylic acids is 1. The molecule has 4 heteroatoms. The van der Waals surface area contributed by atoms with Crippen molar-refractivity contribution in [2.45, 2.75) is 45.6 Å². The van der Waals surface area contributed by atoms with E-state index in [1.54, 1.807) is 0 Å². The minimum atomic E-state index is 0.148. The predicted molar refractivity (Wildman–Crippen MR) is 77.7 cm³/mol. The largest absolute Gasteiger partial charge is 0.356 e. The maximum Gasteiger partial charge on any atom is 0.223 e. The minimum Gasteiger partial charge on any atom is -0.356 e. The maximum atomic E-state index is 12.2. The van der Waals surface area contributed by atoms with Gasteiger partial charge in [0.25, 0.3) is 0 Å². The van der Waals surface area contributed by atoms with Crippen molar-refractivity contribution >= 4 is 5.91 Å². The highest BCUT2D eigenvalue weighted by atomic mass is 16.1. The van der Waals surface area contributed by atoms with E-state index in [4.69, 9.17) is 5.73 Å². The number of nitrogens with zero attached hydrogens (tertiary/aromatic N) is 1. The number of amides is 1. The number of nitrogens with two attached hydrogens (primary N) is 1. The first-order valence-electron chi connectivity index (χ1n) is 7.85. The molecular formula is C15H29N3O. The highest BCUT2D eigenvalue weighted by Gasteiger charge is 2.30. The van der Waals surface area contributed by atoms with Crippen LogP contribution in [0, 0.1) is 17.8 Å². The summed E-state index contributed by atoms with van der Waals surface area (Å²) in [4.78, 5) is 14.6. The molecule has 1 saturated heterocycles. The smallest absolute Gasteiger partial charge is 0.223 e. The summed E-state index contributed by atoms with van der Waals surface area (Å²) in [7, 11) is 0. The third-order valence-corrected chi connectivity index (χ3v) is 5.01. The van der Waals surface area contributed by atoms with Crippen molar-refractivity contribution in [3.8, 4) is 0 Å². The average Bonchev–Trinajstić information content (AvgIpc) is 2.87. The Kier molecular flexibility index (Phi) is 5.22. The molecule has 0 aromatic heterocycles. The monoisotopic (exact) mass is 267 g/mol.